The fraction of sp³-hybridized carbons (Fsp3) is 0.333. The number of carbonyl (C=O) groups excluding carboxylic acids is 2. The molecule has 0 unspecified atom stereocenters. The van der Waals surface area contributed by atoms with Gasteiger partial charge in [0, 0.05) is 0 Å². The highest BCUT2D eigenvalue weighted by Gasteiger charge is 2.06. The van der Waals surface area contributed by atoms with Crippen LogP contribution in [0.5, 0.6) is 0 Å². The standard InChI is InChI=1S/C9H12O6/c1-3-5-12-8(10)14-7-15-9(11)13-6-4-2/h3-4H,1-2,5-7H2. The van der Waals surface area contributed by atoms with E-state index in [2.05, 4.69) is 32.1 Å². The van der Waals surface area contributed by atoms with Crippen LogP contribution in [0.4, 0.5) is 9.59 Å². The van der Waals surface area contributed by atoms with Gasteiger partial charge in [-0.2, -0.15) is 0 Å². The van der Waals surface area contributed by atoms with Gasteiger partial charge < -0.3 is 18.9 Å². The van der Waals surface area contributed by atoms with Gasteiger partial charge in [-0.05, 0) is 0 Å². The maximum Gasteiger partial charge on any atom is 0.511 e. The van der Waals surface area contributed by atoms with Crippen molar-refractivity contribution in [3.05, 3.63) is 25.3 Å². The Balaban J connectivity index is 3.43. The maximum absolute atomic E-state index is 10.7. The molecule has 0 atom stereocenters. The van der Waals surface area contributed by atoms with Crippen LogP contribution >= 0.6 is 0 Å². The molecule has 84 valence electrons. The van der Waals surface area contributed by atoms with E-state index in [1.807, 2.05) is 0 Å². The minimum atomic E-state index is -0.952. The minimum Gasteiger partial charge on any atom is -0.430 e. The van der Waals surface area contributed by atoms with Crippen LogP contribution in [0, 0.1) is 0 Å². The number of carbonyl (C=O) groups is 2. The van der Waals surface area contributed by atoms with E-state index in [4.69, 9.17) is 0 Å². The van der Waals surface area contributed by atoms with Gasteiger partial charge in [0.2, 0.25) is 6.79 Å². The van der Waals surface area contributed by atoms with Gasteiger partial charge in [-0.15, -0.1) is 0 Å². The lowest BCUT2D eigenvalue weighted by atomic mass is 10.7. The van der Waals surface area contributed by atoms with Gasteiger partial charge in [-0.1, -0.05) is 25.3 Å². The SMILES string of the molecule is C=CCOC(=O)OCOC(=O)OCC=C. The molecular weight excluding hydrogens is 204 g/mol. The Morgan fingerprint density at radius 2 is 1.27 bits per heavy atom. The first-order chi connectivity index (χ1) is 7.20. The van der Waals surface area contributed by atoms with Crippen molar-refractivity contribution in [1.29, 1.82) is 0 Å². The molecule has 0 aromatic carbocycles. The average molecular weight is 216 g/mol. The molecule has 0 aromatic rings. The second kappa shape index (κ2) is 8.61. The van der Waals surface area contributed by atoms with Crippen molar-refractivity contribution in [2.45, 2.75) is 0 Å². The van der Waals surface area contributed by atoms with E-state index < -0.39 is 19.1 Å². The normalized spacial score (nSPS) is 8.53. The van der Waals surface area contributed by atoms with Crippen LogP contribution in [0.1, 0.15) is 0 Å². The largest absolute Gasteiger partial charge is 0.511 e. The molecule has 0 aliphatic heterocycles. The molecule has 0 fully saturated rings. The lowest BCUT2D eigenvalue weighted by molar-refractivity contribution is -0.0338. The second-order valence-corrected chi connectivity index (χ2v) is 2.11. The monoisotopic (exact) mass is 216 g/mol. The molecule has 0 aromatic heterocycles. The molecule has 6 heteroatoms. The summed E-state index contributed by atoms with van der Waals surface area (Å²) >= 11 is 0. The number of hydrogen-bond acceptors (Lipinski definition) is 6. The predicted octanol–water partition coefficient (Wildman–Crippen LogP) is 1.62. The maximum atomic E-state index is 10.7. The first-order valence-electron chi connectivity index (χ1n) is 4.01. The molecule has 0 bridgehead atoms. The summed E-state index contributed by atoms with van der Waals surface area (Å²) in [5.74, 6) is 0. The molecule has 0 saturated carbocycles. The molecule has 0 heterocycles. The van der Waals surface area contributed by atoms with E-state index in [1.165, 1.54) is 12.2 Å². The zero-order valence-corrected chi connectivity index (χ0v) is 8.14. The van der Waals surface area contributed by atoms with E-state index in [-0.39, 0.29) is 13.2 Å². The van der Waals surface area contributed by atoms with Gasteiger partial charge in [-0.3, -0.25) is 0 Å². The predicted molar refractivity (Wildman–Crippen MR) is 50.1 cm³/mol. The molecule has 0 amide bonds. The third kappa shape index (κ3) is 8.35. The average Bonchev–Trinajstić information content (AvgIpc) is 2.23. The van der Waals surface area contributed by atoms with Crippen molar-refractivity contribution >= 4 is 12.3 Å². The van der Waals surface area contributed by atoms with E-state index in [1.54, 1.807) is 0 Å². The van der Waals surface area contributed by atoms with E-state index >= 15 is 0 Å². The fourth-order valence-corrected chi connectivity index (χ4v) is 0.463. The van der Waals surface area contributed by atoms with Crippen molar-refractivity contribution in [3.8, 4) is 0 Å². The lowest BCUT2D eigenvalue weighted by Crippen LogP contribution is -2.14. The first-order valence-corrected chi connectivity index (χ1v) is 4.01. The highest BCUT2D eigenvalue weighted by atomic mass is 16.8. The number of ether oxygens (including phenoxy) is 4. The molecule has 0 N–H and O–H groups in total. The quantitative estimate of drug-likeness (QED) is 0.381. The molecule has 0 saturated heterocycles. The van der Waals surface area contributed by atoms with E-state index in [9.17, 15) is 9.59 Å². The summed E-state index contributed by atoms with van der Waals surface area (Å²) in [5, 5.41) is 0. The third-order valence-electron chi connectivity index (χ3n) is 0.992. The molecule has 6 nitrogen and oxygen atoms in total. The van der Waals surface area contributed by atoms with Crippen molar-refractivity contribution < 1.29 is 28.5 Å². The Kier molecular flexibility index (Phi) is 7.47. The third-order valence-corrected chi connectivity index (χ3v) is 0.992. The van der Waals surface area contributed by atoms with Gasteiger partial charge in [-0.25, -0.2) is 9.59 Å². The summed E-state index contributed by atoms with van der Waals surface area (Å²) in [7, 11) is 0. The summed E-state index contributed by atoms with van der Waals surface area (Å²) in [6, 6.07) is 0. The lowest BCUT2D eigenvalue weighted by Gasteiger charge is -2.05. The fourth-order valence-electron chi connectivity index (χ4n) is 0.463. The van der Waals surface area contributed by atoms with E-state index in [0.29, 0.717) is 0 Å². The Morgan fingerprint density at radius 1 is 0.867 bits per heavy atom. The summed E-state index contributed by atoms with van der Waals surface area (Å²) in [6.45, 7) is 6.15. The van der Waals surface area contributed by atoms with Gasteiger partial charge >= 0.3 is 12.3 Å². The Morgan fingerprint density at radius 3 is 1.60 bits per heavy atom. The number of hydrogen-bond donors (Lipinski definition) is 0. The zero-order chi connectivity index (χ0) is 11.5. The van der Waals surface area contributed by atoms with Gasteiger partial charge in [0.25, 0.3) is 0 Å². The summed E-state index contributed by atoms with van der Waals surface area (Å²) in [5.41, 5.74) is 0. The van der Waals surface area contributed by atoms with Crippen LogP contribution in [0.25, 0.3) is 0 Å². The van der Waals surface area contributed by atoms with Crippen molar-refractivity contribution in [3.63, 3.8) is 0 Å². The van der Waals surface area contributed by atoms with Crippen LogP contribution in [0.15, 0.2) is 25.3 Å². The van der Waals surface area contributed by atoms with Crippen molar-refractivity contribution in [2.75, 3.05) is 20.0 Å². The Bertz CT molecular complexity index is 211. The topological polar surface area (TPSA) is 71.1 Å². The van der Waals surface area contributed by atoms with E-state index in [0.717, 1.165) is 0 Å². The van der Waals surface area contributed by atoms with Crippen LogP contribution in [-0.4, -0.2) is 32.3 Å². The van der Waals surface area contributed by atoms with Gasteiger partial charge in [0.1, 0.15) is 13.2 Å². The Labute approximate surface area is 87.1 Å². The van der Waals surface area contributed by atoms with Gasteiger partial charge in [0.15, 0.2) is 0 Å². The zero-order valence-electron chi connectivity index (χ0n) is 8.14. The molecular formula is C9H12O6. The molecule has 0 spiro atoms. The second-order valence-electron chi connectivity index (χ2n) is 2.11. The molecule has 0 rings (SSSR count). The number of rotatable bonds is 6. The van der Waals surface area contributed by atoms with Crippen LogP contribution in [0.3, 0.4) is 0 Å². The van der Waals surface area contributed by atoms with Crippen molar-refractivity contribution in [1.82, 2.24) is 0 Å². The molecule has 15 heavy (non-hydrogen) atoms. The van der Waals surface area contributed by atoms with Crippen LogP contribution < -0.4 is 0 Å². The highest BCUT2D eigenvalue weighted by molar-refractivity contribution is 5.61. The summed E-state index contributed by atoms with van der Waals surface area (Å²) in [4.78, 5) is 21.3. The smallest absolute Gasteiger partial charge is 0.430 e. The van der Waals surface area contributed by atoms with Crippen LogP contribution in [0.2, 0.25) is 0 Å². The van der Waals surface area contributed by atoms with Crippen LogP contribution in [-0.2, 0) is 18.9 Å². The van der Waals surface area contributed by atoms with Gasteiger partial charge in [0.05, 0.1) is 0 Å². The minimum absolute atomic E-state index is 0.0275. The Hall–Kier alpha value is -1.98. The summed E-state index contributed by atoms with van der Waals surface area (Å²) < 4.78 is 17.5. The molecule has 0 aliphatic carbocycles. The summed E-state index contributed by atoms with van der Waals surface area (Å²) in [6.07, 6.45) is 0.846. The molecule has 0 radical (unpaired) electrons. The van der Waals surface area contributed by atoms with Crippen molar-refractivity contribution in [2.24, 2.45) is 0 Å². The first kappa shape index (κ1) is 13.0. The highest BCUT2D eigenvalue weighted by Crippen LogP contribution is 1.90. The molecule has 0 aliphatic rings.